The third-order valence-corrected chi connectivity index (χ3v) is 4.51. The molecule has 1 aromatic carbocycles. The third-order valence-electron chi connectivity index (χ3n) is 4.51. The van der Waals surface area contributed by atoms with Crippen LogP contribution in [-0.2, 0) is 6.54 Å². The maximum absolute atomic E-state index is 6.03. The van der Waals surface area contributed by atoms with Gasteiger partial charge in [0.1, 0.15) is 5.75 Å². The molecule has 1 heterocycles. The highest BCUT2D eigenvalue weighted by atomic mass is 16.5. The minimum atomic E-state index is 0.252. The first-order chi connectivity index (χ1) is 11.0. The Balaban J connectivity index is 2.47. The third kappa shape index (κ3) is 3.89. The summed E-state index contributed by atoms with van der Waals surface area (Å²) >= 11 is 0. The lowest BCUT2D eigenvalue weighted by molar-refractivity contribution is 0.217. The molecule has 128 valence electrons. The van der Waals surface area contributed by atoms with E-state index in [1.54, 1.807) is 0 Å². The fraction of sp³-hybridized carbons (Fsp3) is 0.600. The Morgan fingerprint density at radius 2 is 1.91 bits per heavy atom. The highest BCUT2D eigenvalue weighted by Gasteiger charge is 2.16. The molecular formula is C20H32N2O. The molecular weight excluding hydrogens is 284 g/mol. The lowest BCUT2D eigenvalue weighted by Crippen LogP contribution is -2.14. The van der Waals surface area contributed by atoms with Crippen LogP contribution < -0.4 is 10.1 Å². The van der Waals surface area contributed by atoms with Gasteiger partial charge in [0.2, 0.25) is 0 Å². The van der Waals surface area contributed by atoms with E-state index in [2.05, 4.69) is 69.6 Å². The second kappa shape index (κ2) is 7.87. The summed E-state index contributed by atoms with van der Waals surface area (Å²) in [4.78, 5) is 0. The fourth-order valence-electron chi connectivity index (χ4n) is 3.16. The monoisotopic (exact) mass is 316 g/mol. The van der Waals surface area contributed by atoms with Gasteiger partial charge < -0.3 is 14.6 Å². The van der Waals surface area contributed by atoms with Crippen LogP contribution in [0.15, 0.2) is 18.2 Å². The van der Waals surface area contributed by atoms with Crippen molar-refractivity contribution in [3.05, 3.63) is 29.5 Å². The lowest BCUT2D eigenvalue weighted by atomic mass is 10.1. The van der Waals surface area contributed by atoms with Gasteiger partial charge in [0.25, 0.3) is 0 Å². The normalized spacial score (nSPS) is 13.0. The molecule has 3 nitrogen and oxygen atoms in total. The predicted molar refractivity (Wildman–Crippen MR) is 99.4 cm³/mol. The van der Waals surface area contributed by atoms with E-state index in [1.165, 1.54) is 22.2 Å². The van der Waals surface area contributed by atoms with Crippen molar-refractivity contribution in [3.63, 3.8) is 0 Å². The molecule has 0 saturated carbocycles. The smallest absolute Gasteiger partial charge is 0.120 e. The molecule has 0 spiro atoms. The molecule has 0 aliphatic rings. The van der Waals surface area contributed by atoms with Crippen molar-refractivity contribution in [1.82, 2.24) is 9.88 Å². The Bertz CT molecular complexity index is 643. The Kier molecular flexibility index (Phi) is 6.11. The van der Waals surface area contributed by atoms with Crippen molar-refractivity contribution in [2.45, 2.75) is 73.1 Å². The Labute approximate surface area is 141 Å². The van der Waals surface area contributed by atoms with Crippen LogP contribution in [0.3, 0.4) is 0 Å². The van der Waals surface area contributed by atoms with Crippen LogP contribution in [0.2, 0.25) is 0 Å². The van der Waals surface area contributed by atoms with Crippen molar-refractivity contribution >= 4 is 10.9 Å². The van der Waals surface area contributed by atoms with Gasteiger partial charge in [-0.05, 0) is 70.8 Å². The second-order valence-corrected chi connectivity index (χ2v) is 6.72. The van der Waals surface area contributed by atoms with Crippen LogP contribution in [0.1, 0.15) is 64.8 Å². The molecule has 0 radical (unpaired) electrons. The molecule has 0 bridgehead atoms. The van der Waals surface area contributed by atoms with Gasteiger partial charge in [0.05, 0.1) is 6.10 Å². The van der Waals surface area contributed by atoms with Crippen LogP contribution in [0, 0.1) is 6.92 Å². The van der Waals surface area contributed by atoms with E-state index >= 15 is 0 Å². The first kappa shape index (κ1) is 17.9. The average molecular weight is 316 g/mol. The number of aromatic nitrogens is 1. The zero-order valence-corrected chi connectivity index (χ0v) is 15.6. The summed E-state index contributed by atoms with van der Waals surface area (Å²) in [7, 11) is 0. The number of benzene rings is 1. The van der Waals surface area contributed by atoms with Crippen LogP contribution in [0.25, 0.3) is 10.9 Å². The summed E-state index contributed by atoms with van der Waals surface area (Å²) in [5.41, 5.74) is 4.07. The van der Waals surface area contributed by atoms with Crippen molar-refractivity contribution in [1.29, 1.82) is 0 Å². The predicted octanol–water partition coefficient (Wildman–Crippen LogP) is 5.21. The van der Waals surface area contributed by atoms with Crippen molar-refractivity contribution < 1.29 is 4.74 Å². The van der Waals surface area contributed by atoms with E-state index in [0.29, 0.717) is 6.04 Å². The van der Waals surface area contributed by atoms with Crippen molar-refractivity contribution in [3.8, 4) is 5.75 Å². The van der Waals surface area contributed by atoms with Crippen LogP contribution in [0.4, 0.5) is 0 Å². The quantitative estimate of drug-likeness (QED) is 0.677. The standard InChI is InChI=1S/C20H32N2O/c1-7-11-21-13-19-16(6)22(14(3)4)20-10-9-17(12-18(19)20)23-15(5)8-2/h9-10,12,14-15,21H,7-8,11,13H2,1-6H3/t15-/m1/s1. The molecule has 1 N–H and O–H groups in total. The highest BCUT2D eigenvalue weighted by molar-refractivity contribution is 5.87. The van der Waals surface area contributed by atoms with Crippen molar-refractivity contribution in [2.75, 3.05) is 6.54 Å². The summed E-state index contributed by atoms with van der Waals surface area (Å²) in [6.07, 6.45) is 2.43. The number of ether oxygens (including phenoxy) is 1. The molecule has 2 rings (SSSR count). The largest absolute Gasteiger partial charge is 0.491 e. The number of hydrogen-bond acceptors (Lipinski definition) is 2. The fourth-order valence-corrected chi connectivity index (χ4v) is 3.16. The Hall–Kier alpha value is -1.48. The van der Waals surface area contributed by atoms with Gasteiger partial charge in [-0.15, -0.1) is 0 Å². The number of rotatable bonds is 8. The first-order valence-electron chi connectivity index (χ1n) is 9.00. The van der Waals surface area contributed by atoms with E-state index in [-0.39, 0.29) is 6.10 Å². The summed E-state index contributed by atoms with van der Waals surface area (Å²) in [5.74, 6) is 0.976. The summed E-state index contributed by atoms with van der Waals surface area (Å²) in [6.45, 7) is 15.2. The Morgan fingerprint density at radius 1 is 1.17 bits per heavy atom. The van der Waals surface area contributed by atoms with E-state index in [0.717, 1.165) is 31.7 Å². The zero-order valence-electron chi connectivity index (χ0n) is 15.6. The molecule has 23 heavy (non-hydrogen) atoms. The van der Waals surface area contributed by atoms with Gasteiger partial charge in [0.15, 0.2) is 0 Å². The van der Waals surface area contributed by atoms with Gasteiger partial charge in [-0.25, -0.2) is 0 Å². The van der Waals surface area contributed by atoms with Gasteiger partial charge in [-0.2, -0.15) is 0 Å². The molecule has 0 fully saturated rings. The molecule has 0 unspecified atom stereocenters. The summed E-state index contributed by atoms with van der Waals surface area (Å²) < 4.78 is 8.47. The topological polar surface area (TPSA) is 26.2 Å². The summed E-state index contributed by atoms with van der Waals surface area (Å²) in [6, 6.07) is 6.99. The maximum atomic E-state index is 6.03. The number of nitrogens with zero attached hydrogens (tertiary/aromatic N) is 1. The van der Waals surface area contributed by atoms with Crippen LogP contribution in [0.5, 0.6) is 5.75 Å². The zero-order chi connectivity index (χ0) is 17.0. The molecule has 1 atom stereocenters. The van der Waals surface area contributed by atoms with E-state index in [1.807, 2.05) is 0 Å². The van der Waals surface area contributed by atoms with E-state index in [4.69, 9.17) is 4.74 Å². The minimum absolute atomic E-state index is 0.252. The molecule has 0 amide bonds. The van der Waals surface area contributed by atoms with Gasteiger partial charge >= 0.3 is 0 Å². The average Bonchev–Trinajstić information content (AvgIpc) is 2.79. The molecule has 1 aromatic heterocycles. The lowest BCUT2D eigenvalue weighted by Gasteiger charge is -2.14. The van der Waals surface area contributed by atoms with E-state index < -0.39 is 0 Å². The number of nitrogens with one attached hydrogen (secondary N) is 1. The van der Waals surface area contributed by atoms with Gasteiger partial charge in [-0.3, -0.25) is 0 Å². The number of hydrogen-bond donors (Lipinski definition) is 1. The SMILES string of the molecule is CCCNCc1c(C)n(C(C)C)c2ccc(O[C@H](C)CC)cc12. The number of fused-ring (bicyclic) bond motifs is 1. The van der Waals surface area contributed by atoms with Gasteiger partial charge in [-0.1, -0.05) is 13.8 Å². The second-order valence-electron chi connectivity index (χ2n) is 6.72. The van der Waals surface area contributed by atoms with Crippen LogP contribution in [-0.4, -0.2) is 17.2 Å². The molecule has 3 heteroatoms. The molecule has 2 aromatic rings. The molecule has 0 aliphatic carbocycles. The van der Waals surface area contributed by atoms with Crippen molar-refractivity contribution in [2.24, 2.45) is 0 Å². The molecule has 0 aliphatic heterocycles. The van der Waals surface area contributed by atoms with Gasteiger partial charge in [0, 0.05) is 29.2 Å². The van der Waals surface area contributed by atoms with Crippen LogP contribution >= 0.6 is 0 Å². The molecule has 0 saturated heterocycles. The minimum Gasteiger partial charge on any atom is -0.491 e. The highest BCUT2D eigenvalue weighted by Crippen LogP contribution is 2.32. The maximum Gasteiger partial charge on any atom is 0.120 e. The Morgan fingerprint density at radius 3 is 2.52 bits per heavy atom. The van der Waals surface area contributed by atoms with E-state index in [9.17, 15) is 0 Å². The summed E-state index contributed by atoms with van der Waals surface area (Å²) in [5, 5.41) is 4.87. The first-order valence-corrected chi connectivity index (χ1v) is 9.00.